The van der Waals surface area contributed by atoms with Gasteiger partial charge in [0, 0.05) is 44.8 Å². The van der Waals surface area contributed by atoms with E-state index in [0.717, 1.165) is 42.0 Å². The van der Waals surface area contributed by atoms with Crippen molar-refractivity contribution in [3.8, 4) is 0 Å². The van der Waals surface area contributed by atoms with Gasteiger partial charge in [0.05, 0.1) is 33.2 Å². The highest BCUT2D eigenvalue weighted by atomic mass is 32.2. The maximum absolute atomic E-state index is 13.5. The van der Waals surface area contributed by atoms with Crippen molar-refractivity contribution < 1.29 is 26.4 Å². The molecule has 2 aromatic carbocycles. The first-order valence-electron chi connectivity index (χ1n) is 23.7. The maximum atomic E-state index is 13.5. The van der Waals surface area contributed by atoms with Gasteiger partial charge < -0.3 is 10.5 Å². The lowest BCUT2D eigenvalue weighted by atomic mass is 9.94. The van der Waals surface area contributed by atoms with Gasteiger partial charge in [-0.15, -0.1) is 20.4 Å². The van der Waals surface area contributed by atoms with E-state index in [9.17, 15) is 21.6 Å². The Hall–Kier alpha value is -5.83. The highest BCUT2D eigenvalue weighted by Gasteiger charge is 2.67. The number of rotatable bonds is 9. The van der Waals surface area contributed by atoms with E-state index >= 15 is 0 Å². The minimum atomic E-state index is -3.84. The van der Waals surface area contributed by atoms with E-state index in [2.05, 4.69) is 50.0 Å². The summed E-state index contributed by atoms with van der Waals surface area (Å²) in [5, 5.41) is 17.8. The van der Waals surface area contributed by atoms with Gasteiger partial charge in [-0.2, -0.15) is 0 Å². The lowest BCUT2D eigenvalue weighted by Gasteiger charge is -2.26. The van der Waals surface area contributed by atoms with Crippen molar-refractivity contribution >= 4 is 67.7 Å². The Bertz CT molecular complexity index is 3570. The number of hydrogen-bond acceptors (Lipinski definition) is 13. The van der Waals surface area contributed by atoms with Crippen molar-refractivity contribution in [2.75, 3.05) is 0 Å². The summed E-state index contributed by atoms with van der Waals surface area (Å²) >= 11 is 0. The Balaban J connectivity index is 0.000000158. The van der Waals surface area contributed by atoms with Crippen LogP contribution in [-0.4, -0.2) is 89.6 Å². The van der Waals surface area contributed by atoms with Crippen LogP contribution in [0.1, 0.15) is 81.1 Å². The maximum Gasteiger partial charge on any atom is 0.306 e. The third-order valence-electron chi connectivity index (χ3n) is 15.0. The van der Waals surface area contributed by atoms with E-state index in [0.29, 0.717) is 69.3 Å². The Morgan fingerprint density at radius 1 is 0.681 bits per heavy atom. The predicted molar refractivity (Wildman–Crippen MR) is 262 cm³/mol. The van der Waals surface area contributed by atoms with Crippen molar-refractivity contribution in [2.24, 2.45) is 35.3 Å². The molecular formula is C49H57N11O6S2Si. The molecule has 12 rings (SSSR count). The predicted octanol–water partition coefficient (Wildman–Crippen LogP) is 7.49. The molecule has 0 amide bonds. The molecule has 0 spiro atoms. The molecule has 8 aromatic rings. The fraction of sp³-hybridized carbons (Fsp3) is 0.449. The van der Waals surface area contributed by atoms with Gasteiger partial charge >= 0.3 is 5.97 Å². The molecule has 0 aliphatic heterocycles. The summed E-state index contributed by atoms with van der Waals surface area (Å²) in [6.45, 7) is 16.8. The van der Waals surface area contributed by atoms with Gasteiger partial charge in [0.25, 0.3) is 20.0 Å². The largest absolute Gasteiger partial charge is 0.460 e. The molecule has 1 unspecified atom stereocenters. The Morgan fingerprint density at radius 2 is 1.17 bits per heavy atom. The zero-order valence-corrected chi connectivity index (χ0v) is 42.6. The van der Waals surface area contributed by atoms with Crippen molar-refractivity contribution in [2.45, 2.75) is 119 Å². The molecule has 4 aliphatic carbocycles. The Labute approximate surface area is 401 Å². The lowest BCUT2D eigenvalue weighted by Crippen LogP contribution is -2.28. The molecule has 0 saturated heterocycles. The number of hydrogen-bond donors (Lipinski definition) is 1. The van der Waals surface area contributed by atoms with Crippen LogP contribution in [0.5, 0.6) is 0 Å². The van der Waals surface area contributed by atoms with E-state index in [1.807, 2.05) is 43.4 Å². The molecule has 69 heavy (non-hydrogen) atoms. The van der Waals surface area contributed by atoms with E-state index in [-0.39, 0.29) is 39.6 Å². The number of nitrogens with two attached hydrogens (primary N) is 1. The first-order chi connectivity index (χ1) is 32.6. The summed E-state index contributed by atoms with van der Waals surface area (Å²) in [4.78, 5) is 22.2. The number of carbonyl (C=O) groups is 1. The Morgan fingerprint density at radius 3 is 1.61 bits per heavy atom. The van der Waals surface area contributed by atoms with Gasteiger partial charge in [-0.05, 0) is 125 Å². The SMILES string of the molecule is Cc1ccc(S(=O)(=O)n2ccc3c2ncc2nnc([C@H]4C[C@@H](CC(=O)OC(C)(C)C)[C@@H]5C([Si](C)(C)C)[C@@H]54)n23)cc1.Cc1ccc(S(=O)(=O)n2ccc3c2ncc2nnc([C@H]4C[C@@H](N)[C@@H]5C[C@@H]54)n23)cc1. The molecule has 0 bridgehead atoms. The van der Waals surface area contributed by atoms with Crippen LogP contribution in [0, 0.1) is 43.4 Å². The summed E-state index contributed by atoms with van der Waals surface area (Å²) in [6.07, 6.45) is 9.56. The number of fused-ring (bicyclic) bond motifs is 8. The van der Waals surface area contributed by atoms with Crippen LogP contribution in [0.25, 0.3) is 33.6 Å². The van der Waals surface area contributed by atoms with Crippen molar-refractivity contribution in [1.29, 1.82) is 0 Å². The quantitative estimate of drug-likeness (QED) is 0.110. The standard InChI is InChI=1S/C29H37N5O4SSi.C20H20N6O2S/c1-17-8-10-19(11-9-17)39(36,37)33-13-12-21-28(33)30-16-22-31-32-27(34(21)22)20-14-18(15-23(35)38-29(2,3)4)24-25(20)26(24)40(5,6)7;1-11-2-4-12(5-3-11)29(27,28)25-7-6-17-20(25)22-10-18-23-24-19(26(17)18)15-9-16(21)14-8-13(14)15/h8-13,16,18,20,24-26H,14-15H2,1-7H3;2-7,10,13-16H,8-9,21H2,1H3/t18-,20-,24-,25+,26?;13-,14+,15-,16+/m00/s1. The molecule has 0 radical (unpaired) electrons. The number of ether oxygens (including phenoxy) is 1. The summed E-state index contributed by atoms with van der Waals surface area (Å²) in [5.41, 5.74) is 11.6. The minimum Gasteiger partial charge on any atom is -0.460 e. The average molecular weight is 988 g/mol. The number of carbonyl (C=O) groups excluding carboxylic acids is 1. The lowest BCUT2D eigenvalue weighted by molar-refractivity contribution is -0.156. The fourth-order valence-corrected chi connectivity index (χ4v) is 17.7. The van der Waals surface area contributed by atoms with Crippen LogP contribution in [0.4, 0.5) is 0 Å². The zero-order valence-electron chi connectivity index (χ0n) is 39.9. The van der Waals surface area contributed by atoms with E-state index in [4.69, 9.17) is 10.5 Å². The van der Waals surface area contributed by atoms with Crippen LogP contribution in [0.3, 0.4) is 0 Å². The first-order valence-corrected chi connectivity index (χ1v) is 30.1. The summed E-state index contributed by atoms with van der Waals surface area (Å²) in [6, 6.07) is 17.4. The molecule has 4 aliphatic rings. The van der Waals surface area contributed by atoms with Crippen molar-refractivity contribution in [3.63, 3.8) is 0 Å². The second-order valence-corrected chi connectivity index (χ2v) is 30.8. The number of benzene rings is 2. The van der Waals surface area contributed by atoms with Gasteiger partial charge in [0.2, 0.25) is 0 Å². The molecule has 4 saturated carbocycles. The Kier molecular flexibility index (Phi) is 10.5. The second-order valence-electron chi connectivity index (χ2n) is 21.8. The molecule has 20 heteroatoms. The summed E-state index contributed by atoms with van der Waals surface area (Å²) in [5.74, 6) is 4.21. The monoisotopic (exact) mass is 987 g/mol. The van der Waals surface area contributed by atoms with Gasteiger partial charge in [0.15, 0.2) is 22.6 Å². The van der Waals surface area contributed by atoms with E-state index in [1.54, 1.807) is 85.5 Å². The van der Waals surface area contributed by atoms with Crippen LogP contribution >= 0.6 is 0 Å². The van der Waals surface area contributed by atoms with Gasteiger partial charge in [-0.1, -0.05) is 55.0 Å². The zero-order chi connectivity index (χ0) is 48.7. The van der Waals surface area contributed by atoms with E-state index < -0.39 is 33.7 Å². The van der Waals surface area contributed by atoms with Crippen molar-refractivity contribution in [1.82, 2.24) is 47.1 Å². The summed E-state index contributed by atoms with van der Waals surface area (Å²) < 4.78 is 65.6. The molecular weight excluding hydrogens is 931 g/mol. The normalized spacial score (nSPS) is 25.5. The minimum absolute atomic E-state index is 0.131. The third kappa shape index (κ3) is 7.68. The second kappa shape index (κ2) is 15.8. The number of nitrogens with zero attached hydrogens (tertiary/aromatic N) is 10. The third-order valence-corrected chi connectivity index (χ3v) is 21.1. The van der Waals surface area contributed by atoms with Gasteiger partial charge in [-0.25, -0.2) is 34.7 Å². The van der Waals surface area contributed by atoms with Crippen LogP contribution in [-0.2, 0) is 29.6 Å². The van der Waals surface area contributed by atoms with E-state index in [1.165, 1.54) is 7.94 Å². The van der Waals surface area contributed by atoms with Gasteiger partial charge in [-0.3, -0.25) is 13.6 Å². The molecule has 9 atom stereocenters. The topological polar surface area (TPSA) is 217 Å². The van der Waals surface area contributed by atoms with Gasteiger partial charge in [0.1, 0.15) is 17.2 Å². The molecule has 2 N–H and O–H groups in total. The van der Waals surface area contributed by atoms with Crippen LogP contribution < -0.4 is 5.73 Å². The summed E-state index contributed by atoms with van der Waals surface area (Å²) in [7, 11) is -9.09. The molecule has 360 valence electrons. The number of aryl methyl sites for hydroxylation is 2. The number of esters is 1. The molecule has 17 nitrogen and oxygen atoms in total. The molecule has 6 aromatic heterocycles. The molecule has 4 fully saturated rings. The van der Waals surface area contributed by atoms with Crippen LogP contribution in [0.15, 0.2) is 95.2 Å². The smallest absolute Gasteiger partial charge is 0.306 e. The number of aromatic nitrogens is 10. The molecule has 6 heterocycles. The fourth-order valence-electron chi connectivity index (χ4n) is 11.9. The average Bonchev–Trinajstić information content (AvgIpc) is 3.66. The van der Waals surface area contributed by atoms with Crippen molar-refractivity contribution in [3.05, 3.63) is 108 Å². The first kappa shape index (κ1) is 45.6. The van der Waals surface area contributed by atoms with Crippen LogP contribution in [0.2, 0.25) is 25.2 Å². The highest BCUT2D eigenvalue weighted by molar-refractivity contribution is 7.90. The highest BCUT2D eigenvalue weighted by Crippen LogP contribution is 2.73.